The fourth-order valence-corrected chi connectivity index (χ4v) is 5.64. The first-order chi connectivity index (χ1) is 24.1. The van der Waals surface area contributed by atoms with Crippen molar-refractivity contribution in [2.75, 3.05) is 12.4 Å². The molecule has 0 aromatic heterocycles. The van der Waals surface area contributed by atoms with Gasteiger partial charge in [-0.05, 0) is 127 Å². The van der Waals surface area contributed by atoms with Gasteiger partial charge in [-0.15, -0.1) is 10.2 Å². The Labute approximate surface area is 288 Å². The van der Waals surface area contributed by atoms with Crippen LogP contribution in [0.3, 0.4) is 0 Å². The second-order valence-corrected chi connectivity index (χ2v) is 12.6. The Balaban J connectivity index is 1.12. The fraction of sp³-hybridized carbons (Fsp3) is 0.0811. The molecule has 0 heterocycles. The molecule has 0 fully saturated rings. The zero-order chi connectivity index (χ0) is 35.3. The SMILES string of the molecule is COc1ccc(Nc2ccc3c(O)c(N=Nc4ccc(N=Nc5ccc(N=Nc6ccccc6S(=O)(=O)O)c(C)c5)c(C)c4)ccc3c2)cc1. The van der Waals surface area contributed by atoms with Gasteiger partial charge >= 0.3 is 0 Å². The van der Waals surface area contributed by atoms with E-state index in [-0.39, 0.29) is 16.3 Å². The maximum absolute atomic E-state index is 11.6. The van der Waals surface area contributed by atoms with Gasteiger partial charge in [0.1, 0.15) is 22.0 Å². The number of aryl methyl sites for hydroxylation is 2. The van der Waals surface area contributed by atoms with E-state index in [1.54, 1.807) is 49.6 Å². The first-order valence-corrected chi connectivity index (χ1v) is 16.7. The van der Waals surface area contributed by atoms with Gasteiger partial charge in [0.25, 0.3) is 10.1 Å². The minimum Gasteiger partial charge on any atom is -0.505 e. The van der Waals surface area contributed by atoms with Crippen LogP contribution in [-0.2, 0) is 10.1 Å². The lowest BCUT2D eigenvalue weighted by Gasteiger charge is -2.10. The van der Waals surface area contributed by atoms with Crippen LogP contribution in [0.5, 0.6) is 11.5 Å². The average Bonchev–Trinajstić information content (AvgIpc) is 3.10. The van der Waals surface area contributed by atoms with E-state index in [9.17, 15) is 18.1 Å². The minimum atomic E-state index is -4.44. The van der Waals surface area contributed by atoms with E-state index in [2.05, 4.69) is 36.0 Å². The number of anilines is 2. The summed E-state index contributed by atoms with van der Waals surface area (Å²) in [4.78, 5) is -0.324. The van der Waals surface area contributed by atoms with Gasteiger partial charge in [-0.2, -0.15) is 28.9 Å². The Bertz CT molecular complexity index is 2410. The van der Waals surface area contributed by atoms with E-state index in [4.69, 9.17) is 4.74 Å². The first-order valence-electron chi connectivity index (χ1n) is 15.3. The summed E-state index contributed by atoms with van der Waals surface area (Å²) in [5, 5.41) is 41.3. The first kappa shape index (κ1) is 33.6. The summed E-state index contributed by atoms with van der Waals surface area (Å²) in [6.45, 7) is 3.70. The molecule has 6 aromatic carbocycles. The van der Waals surface area contributed by atoms with Crippen LogP contribution in [-0.4, -0.2) is 25.2 Å². The van der Waals surface area contributed by atoms with Crippen molar-refractivity contribution in [3.63, 3.8) is 0 Å². The third kappa shape index (κ3) is 7.86. The summed E-state index contributed by atoms with van der Waals surface area (Å²) in [7, 11) is -2.81. The van der Waals surface area contributed by atoms with Crippen LogP contribution in [0.2, 0.25) is 0 Å². The molecular formula is C37H31N7O5S. The molecule has 0 bridgehead atoms. The largest absolute Gasteiger partial charge is 0.505 e. The lowest BCUT2D eigenvalue weighted by Crippen LogP contribution is -1.97. The normalized spacial score (nSPS) is 12.0. The van der Waals surface area contributed by atoms with E-state index in [0.717, 1.165) is 33.6 Å². The number of nitrogens with zero attached hydrogens (tertiary/aromatic N) is 6. The van der Waals surface area contributed by atoms with Crippen LogP contribution in [0.4, 0.5) is 45.5 Å². The van der Waals surface area contributed by atoms with Crippen molar-refractivity contribution in [3.05, 3.63) is 126 Å². The fourth-order valence-electron chi connectivity index (χ4n) is 5.02. The molecule has 250 valence electrons. The molecule has 6 aromatic rings. The monoisotopic (exact) mass is 685 g/mol. The number of ether oxygens (including phenoxy) is 1. The summed E-state index contributed by atoms with van der Waals surface area (Å²) < 4.78 is 37.9. The molecular weight excluding hydrogens is 655 g/mol. The Kier molecular flexibility index (Phi) is 9.70. The highest BCUT2D eigenvalue weighted by Gasteiger charge is 2.14. The zero-order valence-corrected chi connectivity index (χ0v) is 28.0. The van der Waals surface area contributed by atoms with Gasteiger partial charge in [0, 0.05) is 16.8 Å². The number of azo groups is 3. The number of rotatable bonds is 10. The van der Waals surface area contributed by atoms with Gasteiger partial charge in [0.2, 0.25) is 0 Å². The molecule has 0 aliphatic carbocycles. The average molecular weight is 686 g/mol. The molecule has 0 aliphatic rings. The highest BCUT2D eigenvalue weighted by Crippen LogP contribution is 2.38. The summed E-state index contributed by atoms with van der Waals surface area (Å²) in [5.74, 6) is 0.816. The minimum absolute atomic E-state index is 0.0269. The molecule has 0 spiro atoms. The number of phenols is 1. The number of phenolic OH excluding ortho intramolecular Hbond substituents is 1. The van der Waals surface area contributed by atoms with Gasteiger partial charge < -0.3 is 15.2 Å². The van der Waals surface area contributed by atoms with Crippen LogP contribution in [0.25, 0.3) is 10.8 Å². The molecule has 0 amide bonds. The predicted molar refractivity (Wildman–Crippen MR) is 193 cm³/mol. The van der Waals surface area contributed by atoms with Crippen molar-refractivity contribution in [1.82, 2.24) is 0 Å². The molecule has 13 heteroatoms. The molecule has 0 unspecified atom stereocenters. The van der Waals surface area contributed by atoms with E-state index in [1.165, 1.54) is 18.2 Å². The summed E-state index contributed by atoms with van der Waals surface area (Å²) in [6.07, 6.45) is 0. The van der Waals surface area contributed by atoms with Crippen molar-refractivity contribution in [1.29, 1.82) is 0 Å². The molecule has 3 N–H and O–H groups in total. The van der Waals surface area contributed by atoms with Crippen LogP contribution in [0.1, 0.15) is 11.1 Å². The third-order valence-corrected chi connectivity index (χ3v) is 8.57. The lowest BCUT2D eigenvalue weighted by molar-refractivity contribution is 0.415. The number of methoxy groups -OCH3 is 1. The van der Waals surface area contributed by atoms with Crippen molar-refractivity contribution >= 4 is 66.4 Å². The second kappa shape index (κ2) is 14.4. The van der Waals surface area contributed by atoms with Gasteiger partial charge in [-0.25, -0.2) is 0 Å². The number of fused-ring (bicyclic) bond motifs is 1. The van der Waals surface area contributed by atoms with E-state index in [1.807, 2.05) is 68.4 Å². The highest BCUT2D eigenvalue weighted by molar-refractivity contribution is 7.86. The maximum atomic E-state index is 11.6. The molecule has 12 nitrogen and oxygen atoms in total. The topological polar surface area (TPSA) is 170 Å². The smallest absolute Gasteiger partial charge is 0.296 e. The lowest BCUT2D eigenvalue weighted by atomic mass is 10.1. The van der Waals surface area contributed by atoms with Crippen LogP contribution in [0.15, 0.2) is 151 Å². The quantitative estimate of drug-likeness (QED) is 0.0956. The van der Waals surface area contributed by atoms with Crippen molar-refractivity contribution in [3.8, 4) is 11.5 Å². The van der Waals surface area contributed by atoms with E-state index < -0.39 is 10.1 Å². The van der Waals surface area contributed by atoms with E-state index in [0.29, 0.717) is 33.8 Å². The van der Waals surface area contributed by atoms with Gasteiger partial charge in [0.05, 0.1) is 29.9 Å². The molecule has 6 rings (SSSR count). The summed E-state index contributed by atoms with van der Waals surface area (Å²) in [5.41, 5.74) is 6.03. The summed E-state index contributed by atoms with van der Waals surface area (Å²) >= 11 is 0. The van der Waals surface area contributed by atoms with Crippen LogP contribution < -0.4 is 10.1 Å². The second-order valence-electron chi connectivity index (χ2n) is 11.2. The molecule has 50 heavy (non-hydrogen) atoms. The number of hydrogen-bond donors (Lipinski definition) is 3. The number of hydrogen-bond acceptors (Lipinski definition) is 11. The Hall–Kier alpha value is -6.31. The molecule has 0 saturated heterocycles. The number of aromatic hydroxyl groups is 1. The van der Waals surface area contributed by atoms with Crippen molar-refractivity contribution in [2.24, 2.45) is 30.7 Å². The standard InChI is InChI=1S/C37H31N7O5S/c1-23-20-29(40-44-35-17-8-25-22-27(11-16-31(25)37(35)45)38-26-9-14-30(49-3)15-10-26)12-18-32(23)41-39-28-13-19-33(24(2)21-28)42-43-34-6-4-5-7-36(34)50(46,47)48/h4-22,38,45H,1-3H3,(H,46,47,48). The Morgan fingerprint density at radius 3 is 1.78 bits per heavy atom. The van der Waals surface area contributed by atoms with E-state index >= 15 is 0 Å². The zero-order valence-electron chi connectivity index (χ0n) is 27.2. The number of nitrogens with one attached hydrogen (secondary N) is 1. The van der Waals surface area contributed by atoms with Crippen LogP contribution >= 0.6 is 0 Å². The molecule has 0 saturated carbocycles. The highest BCUT2D eigenvalue weighted by atomic mass is 32.2. The molecule has 0 radical (unpaired) electrons. The van der Waals surface area contributed by atoms with Crippen LogP contribution in [0, 0.1) is 13.8 Å². The Morgan fingerprint density at radius 2 is 1.16 bits per heavy atom. The Morgan fingerprint density at radius 1 is 0.600 bits per heavy atom. The third-order valence-electron chi connectivity index (χ3n) is 7.66. The van der Waals surface area contributed by atoms with Gasteiger partial charge in [-0.1, -0.05) is 18.2 Å². The van der Waals surface area contributed by atoms with Crippen molar-refractivity contribution < 1.29 is 22.8 Å². The van der Waals surface area contributed by atoms with Gasteiger partial charge in [-0.3, -0.25) is 4.55 Å². The maximum Gasteiger partial charge on any atom is 0.296 e. The number of benzene rings is 6. The van der Waals surface area contributed by atoms with Gasteiger partial charge in [0.15, 0.2) is 5.75 Å². The predicted octanol–water partition coefficient (Wildman–Crippen LogP) is 11.4. The van der Waals surface area contributed by atoms with Crippen molar-refractivity contribution in [2.45, 2.75) is 18.7 Å². The summed E-state index contributed by atoms with van der Waals surface area (Å²) in [6, 6.07) is 33.3. The molecule has 0 aliphatic heterocycles. The molecule has 0 atom stereocenters.